The van der Waals surface area contributed by atoms with Crippen LogP contribution < -0.4 is 10.0 Å². The molecule has 0 atom stereocenters. The Balaban J connectivity index is 0.00000289. The molecule has 0 spiro atoms. The van der Waals surface area contributed by atoms with Crippen LogP contribution in [0.5, 0.6) is 0 Å². The van der Waals surface area contributed by atoms with E-state index in [0.717, 1.165) is 6.07 Å². The molecule has 18 heavy (non-hydrogen) atoms. The molecule has 2 N–H and O–H groups in total. The summed E-state index contributed by atoms with van der Waals surface area (Å²) in [6, 6.07) is 3.85. The van der Waals surface area contributed by atoms with Crippen LogP contribution in [0.25, 0.3) is 0 Å². The molecule has 0 aliphatic heterocycles. The summed E-state index contributed by atoms with van der Waals surface area (Å²) < 4.78 is 39.8. The third-order valence-corrected chi connectivity index (χ3v) is 4.07. The maximum Gasteiger partial charge on any atom is 0.243 e. The third kappa shape index (κ3) is 5.19. The van der Waals surface area contributed by atoms with Crippen LogP contribution in [0.2, 0.25) is 0 Å². The molecule has 4 nitrogen and oxygen atoms in total. The van der Waals surface area contributed by atoms with E-state index < -0.39 is 15.8 Å². The zero-order valence-corrected chi connectivity index (χ0v) is 13.0. The zero-order valence-electron chi connectivity index (χ0n) is 9.74. The van der Waals surface area contributed by atoms with Crippen molar-refractivity contribution in [1.82, 2.24) is 10.0 Å². The average Bonchev–Trinajstić information content (AvgIpc) is 2.24. The van der Waals surface area contributed by atoms with Gasteiger partial charge in [0.05, 0.1) is 0 Å². The summed E-state index contributed by atoms with van der Waals surface area (Å²) in [5.41, 5.74) is 0. The Morgan fingerprint density at radius 2 is 2.00 bits per heavy atom. The maximum absolute atomic E-state index is 13.5. The Morgan fingerprint density at radius 3 is 2.56 bits per heavy atom. The lowest BCUT2D eigenvalue weighted by Gasteiger charge is -2.07. The molecule has 104 valence electrons. The van der Waals surface area contributed by atoms with Crippen LogP contribution >= 0.6 is 28.3 Å². The molecule has 1 rings (SSSR count). The smallest absolute Gasteiger partial charge is 0.243 e. The Morgan fingerprint density at radius 1 is 1.33 bits per heavy atom. The van der Waals surface area contributed by atoms with Crippen LogP contribution in [0.3, 0.4) is 0 Å². The first-order valence-electron chi connectivity index (χ1n) is 5.06. The van der Waals surface area contributed by atoms with Crippen molar-refractivity contribution < 1.29 is 12.8 Å². The molecule has 0 heterocycles. The van der Waals surface area contributed by atoms with Gasteiger partial charge in [-0.25, -0.2) is 17.5 Å². The Kier molecular flexibility index (Phi) is 7.97. The van der Waals surface area contributed by atoms with Crippen molar-refractivity contribution in [1.29, 1.82) is 0 Å². The van der Waals surface area contributed by atoms with Crippen molar-refractivity contribution in [3.8, 4) is 0 Å². The molecule has 0 saturated heterocycles. The van der Waals surface area contributed by atoms with Gasteiger partial charge in [0.15, 0.2) is 0 Å². The molecule has 0 fully saturated rings. The third-order valence-electron chi connectivity index (χ3n) is 2.08. The van der Waals surface area contributed by atoms with Crippen LogP contribution in [0.4, 0.5) is 4.39 Å². The number of hydrogen-bond acceptors (Lipinski definition) is 3. The van der Waals surface area contributed by atoms with Gasteiger partial charge < -0.3 is 5.32 Å². The van der Waals surface area contributed by atoms with Gasteiger partial charge in [0.1, 0.15) is 10.7 Å². The SMILES string of the molecule is CNCCCNS(=O)(=O)c1ccc(Br)cc1F.Cl. The molecule has 0 unspecified atom stereocenters. The molecule has 0 saturated carbocycles. The molecule has 0 bridgehead atoms. The summed E-state index contributed by atoms with van der Waals surface area (Å²) in [6.07, 6.45) is 0.647. The van der Waals surface area contributed by atoms with E-state index in [1.165, 1.54) is 12.1 Å². The quantitative estimate of drug-likeness (QED) is 0.761. The molecule has 0 amide bonds. The minimum Gasteiger partial charge on any atom is -0.320 e. The summed E-state index contributed by atoms with van der Waals surface area (Å²) in [4.78, 5) is -0.329. The van der Waals surface area contributed by atoms with E-state index in [-0.39, 0.29) is 23.8 Å². The lowest BCUT2D eigenvalue weighted by molar-refractivity contribution is 0.554. The van der Waals surface area contributed by atoms with Crippen molar-refractivity contribution in [3.63, 3.8) is 0 Å². The Bertz CT molecular complexity index is 485. The predicted molar refractivity (Wildman–Crippen MR) is 75.1 cm³/mol. The van der Waals surface area contributed by atoms with Gasteiger partial charge in [-0.1, -0.05) is 15.9 Å². The summed E-state index contributed by atoms with van der Waals surface area (Å²) >= 11 is 3.07. The molecular weight excluding hydrogens is 347 g/mol. The number of halogens is 3. The lowest BCUT2D eigenvalue weighted by atomic mass is 10.3. The molecule has 1 aromatic carbocycles. The minimum atomic E-state index is -3.76. The van der Waals surface area contributed by atoms with Crippen LogP contribution in [0, 0.1) is 5.82 Å². The van der Waals surface area contributed by atoms with E-state index in [0.29, 0.717) is 17.4 Å². The summed E-state index contributed by atoms with van der Waals surface area (Å²) in [5.74, 6) is -0.763. The number of sulfonamides is 1. The molecular formula is C10H15BrClFN2O2S. The molecule has 0 aromatic heterocycles. The highest BCUT2D eigenvalue weighted by Gasteiger charge is 2.18. The van der Waals surface area contributed by atoms with E-state index in [4.69, 9.17) is 0 Å². The van der Waals surface area contributed by atoms with Gasteiger partial charge in [0.25, 0.3) is 0 Å². The molecule has 0 aliphatic rings. The van der Waals surface area contributed by atoms with E-state index in [9.17, 15) is 12.8 Å². The van der Waals surface area contributed by atoms with Crippen molar-refractivity contribution in [3.05, 3.63) is 28.5 Å². The van der Waals surface area contributed by atoms with Gasteiger partial charge >= 0.3 is 0 Å². The summed E-state index contributed by atoms with van der Waals surface area (Å²) in [6.45, 7) is 0.976. The monoisotopic (exact) mass is 360 g/mol. The molecule has 0 aliphatic carbocycles. The van der Waals surface area contributed by atoms with Gasteiger partial charge in [0, 0.05) is 11.0 Å². The van der Waals surface area contributed by atoms with E-state index in [1.807, 2.05) is 0 Å². The van der Waals surface area contributed by atoms with E-state index in [1.54, 1.807) is 7.05 Å². The van der Waals surface area contributed by atoms with Crippen LogP contribution in [-0.2, 0) is 10.0 Å². The summed E-state index contributed by atoms with van der Waals surface area (Å²) in [5, 5.41) is 2.90. The summed E-state index contributed by atoms with van der Waals surface area (Å²) in [7, 11) is -1.98. The fraction of sp³-hybridized carbons (Fsp3) is 0.400. The highest BCUT2D eigenvalue weighted by Crippen LogP contribution is 2.19. The molecule has 8 heteroatoms. The van der Waals surface area contributed by atoms with Crippen LogP contribution in [-0.4, -0.2) is 28.6 Å². The first kappa shape index (κ1) is 17.8. The zero-order chi connectivity index (χ0) is 12.9. The number of nitrogens with one attached hydrogen (secondary N) is 2. The number of benzene rings is 1. The second-order valence-electron chi connectivity index (χ2n) is 3.43. The Hall–Kier alpha value is -0.210. The topological polar surface area (TPSA) is 58.2 Å². The standard InChI is InChI=1S/C10H14BrFN2O2S.ClH/c1-13-5-2-6-14-17(15,16)10-4-3-8(11)7-9(10)12;/h3-4,7,13-14H,2,5-6H2,1H3;1H. The Labute approximate surface area is 121 Å². The predicted octanol–water partition coefficient (Wildman–Crippen LogP) is 1.90. The maximum atomic E-state index is 13.5. The molecule has 1 aromatic rings. The largest absolute Gasteiger partial charge is 0.320 e. The number of rotatable bonds is 6. The lowest BCUT2D eigenvalue weighted by Crippen LogP contribution is -2.27. The van der Waals surface area contributed by atoms with Crippen molar-refractivity contribution in [2.24, 2.45) is 0 Å². The van der Waals surface area contributed by atoms with Gasteiger partial charge in [-0.05, 0) is 38.2 Å². The van der Waals surface area contributed by atoms with Gasteiger partial charge in [-0.15, -0.1) is 12.4 Å². The fourth-order valence-corrected chi connectivity index (χ4v) is 2.71. The van der Waals surface area contributed by atoms with Crippen LogP contribution in [0.15, 0.2) is 27.6 Å². The van der Waals surface area contributed by atoms with Crippen molar-refractivity contribution in [2.75, 3.05) is 20.1 Å². The minimum absolute atomic E-state index is 0. The van der Waals surface area contributed by atoms with Crippen molar-refractivity contribution in [2.45, 2.75) is 11.3 Å². The second-order valence-corrected chi connectivity index (χ2v) is 6.08. The number of hydrogen-bond donors (Lipinski definition) is 2. The van der Waals surface area contributed by atoms with Gasteiger partial charge in [0.2, 0.25) is 10.0 Å². The van der Waals surface area contributed by atoms with E-state index >= 15 is 0 Å². The van der Waals surface area contributed by atoms with Gasteiger partial charge in [-0.2, -0.15) is 0 Å². The second kappa shape index (κ2) is 8.06. The first-order chi connectivity index (χ1) is 7.97. The highest BCUT2D eigenvalue weighted by molar-refractivity contribution is 9.10. The average molecular weight is 362 g/mol. The normalized spacial score (nSPS) is 11.1. The van der Waals surface area contributed by atoms with Crippen molar-refractivity contribution >= 4 is 38.4 Å². The fourth-order valence-electron chi connectivity index (χ4n) is 1.24. The first-order valence-corrected chi connectivity index (χ1v) is 7.34. The van der Waals surface area contributed by atoms with Gasteiger partial charge in [-0.3, -0.25) is 0 Å². The van der Waals surface area contributed by atoms with Crippen LogP contribution in [0.1, 0.15) is 6.42 Å². The molecule has 0 radical (unpaired) electrons. The highest BCUT2D eigenvalue weighted by atomic mass is 79.9. The van der Waals surface area contributed by atoms with E-state index in [2.05, 4.69) is 26.0 Å².